The maximum Gasteiger partial charge on any atom is 0.174 e. The highest BCUT2D eigenvalue weighted by molar-refractivity contribution is 14.1. The Kier molecular flexibility index (Phi) is 7.05. The van der Waals surface area contributed by atoms with Crippen molar-refractivity contribution in [3.63, 3.8) is 0 Å². The summed E-state index contributed by atoms with van der Waals surface area (Å²) < 4.78 is 13.1. The zero-order valence-electron chi connectivity index (χ0n) is 14.9. The van der Waals surface area contributed by atoms with Crippen molar-refractivity contribution in [1.29, 1.82) is 10.5 Å². The molecule has 0 unspecified atom stereocenters. The lowest BCUT2D eigenvalue weighted by Crippen LogP contribution is -2.07. The molecule has 9 heteroatoms. The van der Waals surface area contributed by atoms with Gasteiger partial charge in [-0.1, -0.05) is 0 Å². The number of halogens is 1. The molecule has 2 rings (SSSR count). The zero-order chi connectivity index (χ0) is 20.0. The minimum absolute atomic E-state index is 0.101. The van der Waals surface area contributed by atoms with E-state index in [0.717, 1.165) is 3.57 Å². The zero-order valence-corrected chi connectivity index (χ0v) is 17.0. The van der Waals surface area contributed by atoms with E-state index in [1.54, 1.807) is 12.1 Å². The highest BCUT2D eigenvalue weighted by atomic mass is 127. The number of hydrogen-bond acceptors (Lipinski definition) is 7. The van der Waals surface area contributed by atoms with Gasteiger partial charge in [0, 0.05) is 0 Å². The molecule has 0 aliphatic carbocycles. The molecule has 0 spiro atoms. The van der Waals surface area contributed by atoms with Crippen molar-refractivity contribution in [1.82, 2.24) is 9.78 Å². The van der Waals surface area contributed by atoms with Crippen LogP contribution in [0.15, 0.2) is 12.1 Å². The molecule has 3 N–H and O–H groups in total. The Morgan fingerprint density at radius 1 is 1.44 bits per heavy atom. The normalized spacial score (nSPS) is 11.0. The number of aliphatic hydroxyl groups excluding tert-OH is 1. The standard InChI is InChI=1S/C18H18IN5O3/c1-3-27-17-14(19)7-11(8-15(17)26-2)6-12(9-20)16-13(10-21)18(22)24(23-16)4-5-25/h6-8,25H,3-5,22H2,1-2H3. The molecular formula is C18H18IN5O3. The Balaban J connectivity index is 2.58. The monoisotopic (exact) mass is 479 g/mol. The molecule has 0 atom stereocenters. The van der Waals surface area contributed by atoms with Crippen LogP contribution >= 0.6 is 22.6 Å². The molecule has 1 heterocycles. The van der Waals surface area contributed by atoms with Gasteiger partial charge in [-0.25, -0.2) is 4.68 Å². The number of ether oxygens (including phenoxy) is 2. The molecule has 0 aliphatic rings. The van der Waals surface area contributed by atoms with Gasteiger partial charge >= 0.3 is 0 Å². The molecule has 1 aromatic heterocycles. The second kappa shape index (κ2) is 9.26. The van der Waals surface area contributed by atoms with E-state index in [2.05, 4.69) is 33.8 Å². The summed E-state index contributed by atoms with van der Waals surface area (Å²) in [6, 6.07) is 7.62. The third-order valence-electron chi connectivity index (χ3n) is 3.64. The van der Waals surface area contributed by atoms with Crippen molar-refractivity contribution >= 4 is 40.1 Å². The Morgan fingerprint density at radius 2 is 2.19 bits per heavy atom. The summed E-state index contributed by atoms with van der Waals surface area (Å²) in [6.45, 7) is 2.33. The molecule has 0 saturated heterocycles. The lowest BCUT2D eigenvalue weighted by molar-refractivity contribution is 0.270. The van der Waals surface area contributed by atoms with Crippen LogP contribution in [0.2, 0.25) is 0 Å². The van der Waals surface area contributed by atoms with Crippen molar-refractivity contribution in [2.45, 2.75) is 13.5 Å². The minimum atomic E-state index is -0.184. The van der Waals surface area contributed by atoms with Gasteiger partial charge in [0.2, 0.25) is 0 Å². The number of benzene rings is 1. The molecule has 140 valence electrons. The Morgan fingerprint density at radius 3 is 2.74 bits per heavy atom. The number of nitriles is 2. The van der Waals surface area contributed by atoms with E-state index in [1.165, 1.54) is 11.8 Å². The van der Waals surface area contributed by atoms with Gasteiger partial charge in [-0.15, -0.1) is 0 Å². The molecular weight excluding hydrogens is 461 g/mol. The number of aliphatic hydroxyl groups is 1. The van der Waals surface area contributed by atoms with Crippen LogP contribution in [-0.4, -0.2) is 35.2 Å². The summed E-state index contributed by atoms with van der Waals surface area (Å²) >= 11 is 2.13. The SMILES string of the molecule is CCOc1c(I)cc(C=C(C#N)c2nn(CCO)c(N)c2C#N)cc1OC. The maximum absolute atomic E-state index is 9.60. The largest absolute Gasteiger partial charge is 0.493 e. The maximum atomic E-state index is 9.60. The van der Waals surface area contributed by atoms with Crippen LogP contribution in [-0.2, 0) is 6.54 Å². The molecule has 0 amide bonds. The second-order valence-corrected chi connectivity index (χ2v) is 6.47. The molecule has 0 aliphatic heterocycles. The van der Waals surface area contributed by atoms with Gasteiger partial charge in [0.05, 0.1) is 36.0 Å². The third-order valence-corrected chi connectivity index (χ3v) is 4.44. The van der Waals surface area contributed by atoms with E-state index in [0.29, 0.717) is 23.7 Å². The number of rotatable bonds is 7. The van der Waals surface area contributed by atoms with Gasteiger partial charge in [-0.3, -0.25) is 0 Å². The van der Waals surface area contributed by atoms with Crippen molar-refractivity contribution in [3.05, 3.63) is 32.5 Å². The summed E-state index contributed by atoms with van der Waals surface area (Å²) in [4.78, 5) is 0. The second-order valence-electron chi connectivity index (χ2n) is 5.30. The van der Waals surface area contributed by atoms with E-state index >= 15 is 0 Å². The number of hydrogen-bond donors (Lipinski definition) is 2. The quantitative estimate of drug-likeness (QED) is 0.461. The Labute approximate surface area is 170 Å². The molecule has 1 aromatic carbocycles. The molecule has 0 fully saturated rings. The van der Waals surface area contributed by atoms with E-state index in [9.17, 15) is 10.5 Å². The molecule has 0 saturated carbocycles. The molecule has 0 radical (unpaired) electrons. The average Bonchev–Trinajstić information content (AvgIpc) is 2.97. The van der Waals surface area contributed by atoms with Crippen molar-refractivity contribution in [2.24, 2.45) is 0 Å². The van der Waals surface area contributed by atoms with Gasteiger partial charge in [0.25, 0.3) is 0 Å². The number of nitrogens with two attached hydrogens (primary N) is 1. The van der Waals surface area contributed by atoms with Crippen molar-refractivity contribution in [3.8, 4) is 23.6 Å². The number of allylic oxidation sites excluding steroid dienone is 1. The third kappa shape index (κ3) is 4.32. The van der Waals surface area contributed by atoms with Gasteiger partial charge in [0.15, 0.2) is 11.5 Å². The van der Waals surface area contributed by atoms with E-state index in [4.69, 9.17) is 20.3 Å². The summed E-state index contributed by atoms with van der Waals surface area (Å²) in [5.41, 5.74) is 7.05. The molecule has 2 aromatic rings. The van der Waals surface area contributed by atoms with Crippen LogP contribution < -0.4 is 15.2 Å². The summed E-state index contributed by atoms with van der Waals surface area (Å²) in [6.07, 6.45) is 1.60. The highest BCUT2D eigenvalue weighted by Gasteiger charge is 2.19. The fourth-order valence-corrected chi connectivity index (χ4v) is 3.25. The van der Waals surface area contributed by atoms with Crippen molar-refractivity contribution < 1.29 is 14.6 Å². The first-order valence-corrected chi connectivity index (χ1v) is 9.08. The minimum Gasteiger partial charge on any atom is -0.493 e. The van der Waals surface area contributed by atoms with Gasteiger partial charge in [-0.2, -0.15) is 15.6 Å². The van der Waals surface area contributed by atoms with Crippen LogP contribution in [0.3, 0.4) is 0 Å². The molecule has 8 nitrogen and oxygen atoms in total. The number of nitrogens with zero attached hydrogens (tertiary/aromatic N) is 4. The Bertz CT molecular complexity index is 953. The van der Waals surface area contributed by atoms with E-state index < -0.39 is 0 Å². The summed E-state index contributed by atoms with van der Waals surface area (Å²) in [5, 5.41) is 32.3. The topological polar surface area (TPSA) is 130 Å². The van der Waals surface area contributed by atoms with Crippen LogP contribution in [0.4, 0.5) is 5.82 Å². The number of anilines is 1. The van der Waals surface area contributed by atoms with Gasteiger partial charge in [0.1, 0.15) is 29.2 Å². The molecule has 0 bridgehead atoms. The Hall–Kier alpha value is -2.76. The predicted molar refractivity (Wildman–Crippen MR) is 109 cm³/mol. The van der Waals surface area contributed by atoms with Gasteiger partial charge in [-0.05, 0) is 53.3 Å². The average molecular weight is 479 g/mol. The van der Waals surface area contributed by atoms with Crippen LogP contribution in [0.1, 0.15) is 23.7 Å². The summed E-state index contributed by atoms with van der Waals surface area (Å²) in [7, 11) is 1.54. The van der Waals surface area contributed by atoms with E-state index in [1.807, 2.05) is 19.1 Å². The van der Waals surface area contributed by atoms with E-state index in [-0.39, 0.29) is 35.8 Å². The first-order valence-electron chi connectivity index (χ1n) is 8.00. The number of aromatic nitrogens is 2. The lowest BCUT2D eigenvalue weighted by Gasteiger charge is -2.12. The number of nitrogen functional groups attached to an aromatic ring is 1. The smallest absolute Gasteiger partial charge is 0.174 e. The van der Waals surface area contributed by atoms with Crippen molar-refractivity contribution in [2.75, 3.05) is 26.1 Å². The van der Waals surface area contributed by atoms with Crippen LogP contribution in [0.25, 0.3) is 11.6 Å². The van der Waals surface area contributed by atoms with Crippen LogP contribution in [0.5, 0.6) is 11.5 Å². The fourth-order valence-electron chi connectivity index (χ4n) is 2.47. The molecule has 27 heavy (non-hydrogen) atoms. The number of methoxy groups -OCH3 is 1. The summed E-state index contributed by atoms with van der Waals surface area (Å²) in [5.74, 6) is 1.28. The predicted octanol–water partition coefficient (Wildman–Crippen LogP) is 2.41. The first kappa shape index (κ1) is 20.6. The fraction of sp³-hybridized carbons (Fsp3) is 0.278. The van der Waals surface area contributed by atoms with Crippen LogP contribution in [0, 0.1) is 26.2 Å². The highest BCUT2D eigenvalue weighted by Crippen LogP contribution is 2.35. The van der Waals surface area contributed by atoms with Gasteiger partial charge < -0.3 is 20.3 Å². The lowest BCUT2D eigenvalue weighted by atomic mass is 10.1. The first-order chi connectivity index (χ1) is 13.0.